The summed E-state index contributed by atoms with van der Waals surface area (Å²) in [4.78, 5) is 37.5. The van der Waals surface area contributed by atoms with Gasteiger partial charge in [0, 0.05) is 43.0 Å². The normalized spacial score (nSPS) is 23.3. The van der Waals surface area contributed by atoms with E-state index in [9.17, 15) is 14.4 Å². The van der Waals surface area contributed by atoms with Crippen molar-refractivity contribution in [1.82, 2.24) is 0 Å². The Kier molecular flexibility index (Phi) is 19.4. The lowest BCUT2D eigenvalue weighted by atomic mass is 9.83. The summed E-state index contributed by atoms with van der Waals surface area (Å²) in [6, 6.07) is 20.5. The molecule has 10 heteroatoms. The van der Waals surface area contributed by atoms with Gasteiger partial charge in [-0.15, -0.1) is 0 Å². The number of Topliss-reactive ketones (excluding diaryl/α,β-unsaturated/α-hetero) is 1. The summed E-state index contributed by atoms with van der Waals surface area (Å²) in [5.41, 5.74) is 2.31. The van der Waals surface area contributed by atoms with Crippen LogP contribution in [-0.2, 0) is 43.9 Å². The predicted molar refractivity (Wildman–Crippen MR) is 251 cm³/mol. The SMILES string of the molecule is C[C@@H]1C[C@H](O[Si](C)(C)C(C)(C)C)[C@H](C/C=C\CCCC(=O)OC(=O)CCC(=O)CC2COC(c3ccccc3)OC2)[C@H]1CC[C@H](CCc1ccccc1)O[Si](C)(C)C(C)(C)C. The van der Waals surface area contributed by atoms with Gasteiger partial charge in [0.15, 0.2) is 22.9 Å². The summed E-state index contributed by atoms with van der Waals surface area (Å²) in [7, 11) is -3.96. The average Bonchev–Trinajstić information content (AvgIpc) is 3.48. The van der Waals surface area contributed by atoms with Crippen LogP contribution in [0.1, 0.15) is 137 Å². The first-order valence-electron chi connectivity index (χ1n) is 23.2. The lowest BCUT2D eigenvalue weighted by Gasteiger charge is -2.41. The number of hydrogen-bond acceptors (Lipinski definition) is 8. The van der Waals surface area contributed by atoms with Crippen molar-refractivity contribution in [2.75, 3.05) is 13.2 Å². The molecule has 4 rings (SSSR count). The van der Waals surface area contributed by atoms with Crippen LogP contribution in [-0.4, -0.2) is 59.8 Å². The summed E-state index contributed by atoms with van der Waals surface area (Å²) in [5.74, 6) is 0.181. The van der Waals surface area contributed by atoms with Crippen LogP contribution in [0.3, 0.4) is 0 Å². The highest BCUT2D eigenvalue weighted by Crippen LogP contribution is 2.48. The Morgan fingerprint density at radius 2 is 1.38 bits per heavy atom. The van der Waals surface area contributed by atoms with Crippen LogP contribution in [0.15, 0.2) is 72.8 Å². The zero-order valence-electron chi connectivity index (χ0n) is 39.6. The molecule has 2 aromatic carbocycles. The number of allylic oxidation sites excluding steroid dienone is 2. The largest absolute Gasteiger partial charge is 0.414 e. The van der Waals surface area contributed by atoms with E-state index in [0.29, 0.717) is 37.4 Å². The van der Waals surface area contributed by atoms with Crippen molar-refractivity contribution >= 4 is 34.4 Å². The van der Waals surface area contributed by atoms with Gasteiger partial charge in [-0.25, -0.2) is 0 Å². The summed E-state index contributed by atoms with van der Waals surface area (Å²) < 4.78 is 31.1. The summed E-state index contributed by atoms with van der Waals surface area (Å²) in [5, 5.41) is 0.281. The molecule has 1 heterocycles. The molecule has 0 aromatic heterocycles. The Morgan fingerprint density at radius 3 is 2.00 bits per heavy atom. The molecule has 0 unspecified atom stereocenters. The smallest absolute Gasteiger partial charge is 0.313 e. The second kappa shape index (κ2) is 23.3. The van der Waals surface area contributed by atoms with E-state index in [0.717, 1.165) is 50.5 Å². The lowest BCUT2D eigenvalue weighted by molar-refractivity contribution is -0.206. The highest BCUT2D eigenvalue weighted by molar-refractivity contribution is 6.74. The van der Waals surface area contributed by atoms with Gasteiger partial charge in [-0.05, 0) is 111 Å². The molecule has 1 saturated heterocycles. The number of hydrogen-bond donors (Lipinski definition) is 0. The highest BCUT2D eigenvalue weighted by atomic mass is 28.4. The molecule has 0 spiro atoms. The fourth-order valence-corrected chi connectivity index (χ4v) is 11.0. The lowest BCUT2D eigenvalue weighted by Crippen LogP contribution is -2.45. The van der Waals surface area contributed by atoms with Gasteiger partial charge >= 0.3 is 11.9 Å². The van der Waals surface area contributed by atoms with Crippen molar-refractivity contribution in [3.05, 3.63) is 83.9 Å². The quantitative estimate of drug-likeness (QED) is 0.0379. The number of carbonyl (C=O) groups excluding carboxylic acids is 3. The van der Waals surface area contributed by atoms with E-state index in [1.54, 1.807) is 0 Å². The summed E-state index contributed by atoms with van der Waals surface area (Å²) in [6.07, 6.45) is 12.4. The van der Waals surface area contributed by atoms with Gasteiger partial charge in [-0.1, -0.05) is 121 Å². The van der Waals surface area contributed by atoms with Crippen molar-refractivity contribution in [2.45, 2.75) is 180 Å². The van der Waals surface area contributed by atoms with E-state index >= 15 is 0 Å². The van der Waals surface area contributed by atoms with Crippen LogP contribution >= 0.6 is 0 Å². The number of benzene rings is 2. The molecule has 1 aliphatic carbocycles. The number of aryl methyl sites for hydroxylation is 1. The van der Waals surface area contributed by atoms with Crippen LogP contribution in [0.25, 0.3) is 0 Å². The number of unbranched alkanes of at least 4 members (excludes halogenated alkanes) is 1. The Morgan fingerprint density at radius 1 is 0.770 bits per heavy atom. The molecular formula is C51H80O8Si2. The molecule has 0 amide bonds. The third-order valence-electron chi connectivity index (χ3n) is 14.0. The standard InChI is InChI=1S/C51H80O8Si2/c1-38-34-46(59-61(10,11)51(5,6)7)45(44(38)32-31-43(58-60(8,9)50(2,3)4)30-28-39-22-16-14-17-23-39)26-20-12-13-21-27-47(53)57-48(54)33-29-42(52)35-40-36-55-49(56-37-40)41-24-18-15-19-25-41/h12,14-20,22-25,38,40,43-46,49H,13,21,26-37H2,1-11H3/b20-12-/t38-,40?,43+,44+,45-,46+,49?/m1/s1. The minimum atomic E-state index is -1.99. The Labute approximate surface area is 371 Å². The Hall–Kier alpha value is -2.74. The topological polar surface area (TPSA) is 97.4 Å². The van der Waals surface area contributed by atoms with E-state index < -0.39 is 34.9 Å². The molecular weight excluding hydrogens is 797 g/mol. The molecule has 0 N–H and O–H groups in total. The third kappa shape index (κ3) is 16.4. The number of rotatable bonds is 22. The van der Waals surface area contributed by atoms with Crippen LogP contribution in [0.2, 0.25) is 36.3 Å². The van der Waals surface area contributed by atoms with E-state index in [-0.39, 0.29) is 59.7 Å². The minimum Gasteiger partial charge on any atom is -0.414 e. The van der Waals surface area contributed by atoms with E-state index in [1.807, 2.05) is 30.3 Å². The first-order chi connectivity index (χ1) is 28.6. The van der Waals surface area contributed by atoms with Crippen molar-refractivity contribution in [2.24, 2.45) is 23.7 Å². The molecule has 61 heavy (non-hydrogen) atoms. The van der Waals surface area contributed by atoms with Crippen LogP contribution < -0.4 is 0 Å². The molecule has 1 aliphatic heterocycles. The molecule has 2 aliphatic rings. The van der Waals surface area contributed by atoms with E-state index in [4.69, 9.17) is 23.1 Å². The molecule has 340 valence electrons. The minimum absolute atomic E-state index is 0.0341. The molecule has 5 atom stereocenters. The first-order valence-corrected chi connectivity index (χ1v) is 29.0. The fourth-order valence-electron chi connectivity index (χ4n) is 8.23. The molecule has 2 aromatic rings. The summed E-state index contributed by atoms with van der Waals surface area (Å²) >= 11 is 0. The molecule has 1 saturated carbocycles. The van der Waals surface area contributed by atoms with Crippen molar-refractivity contribution < 1.29 is 37.4 Å². The zero-order chi connectivity index (χ0) is 44.8. The fraction of sp³-hybridized carbons (Fsp3) is 0.667. The van der Waals surface area contributed by atoms with Gasteiger partial charge in [-0.3, -0.25) is 14.4 Å². The second-order valence-corrected chi connectivity index (χ2v) is 30.5. The van der Waals surface area contributed by atoms with Gasteiger partial charge in [0.1, 0.15) is 5.78 Å². The molecule has 0 bridgehead atoms. The van der Waals surface area contributed by atoms with E-state index in [2.05, 4.69) is 117 Å². The third-order valence-corrected chi connectivity index (χ3v) is 23.1. The van der Waals surface area contributed by atoms with Crippen molar-refractivity contribution in [1.29, 1.82) is 0 Å². The van der Waals surface area contributed by atoms with Crippen LogP contribution in [0, 0.1) is 23.7 Å². The van der Waals surface area contributed by atoms with Gasteiger partial charge in [-0.2, -0.15) is 0 Å². The molecule has 8 nitrogen and oxygen atoms in total. The highest BCUT2D eigenvalue weighted by Gasteiger charge is 2.47. The number of esters is 2. The Balaban J connectivity index is 1.25. The van der Waals surface area contributed by atoms with Gasteiger partial charge < -0.3 is 23.1 Å². The van der Waals surface area contributed by atoms with Gasteiger partial charge in [0.25, 0.3) is 0 Å². The number of carbonyl (C=O) groups is 3. The van der Waals surface area contributed by atoms with Crippen molar-refractivity contribution in [3.8, 4) is 0 Å². The monoisotopic (exact) mass is 877 g/mol. The number of ether oxygens (including phenoxy) is 3. The van der Waals surface area contributed by atoms with Crippen LogP contribution in [0.4, 0.5) is 0 Å². The molecule has 0 radical (unpaired) electrons. The average molecular weight is 877 g/mol. The maximum atomic E-state index is 12.6. The van der Waals surface area contributed by atoms with E-state index in [1.165, 1.54) is 5.56 Å². The first kappa shape index (κ1) is 50.9. The predicted octanol–water partition coefficient (Wildman–Crippen LogP) is 12.7. The molecule has 2 fully saturated rings. The zero-order valence-corrected chi connectivity index (χ0v) is 41.6. The number of ketones is 1. The second-order valence-electron chi connectivity index (χ2n) is 21.0. The summed E-state index contributed by atoms with van der Waals surface area (Å²) in [6.45, 7) is 26.7. The maximum Gasteiger partial charge on any atom is 0.313 e. The maximum absolute atomic E-state index is 12.6. The Bertz CT molecular complexity index is 1670. The van der Waals surface area contributed by atoms with Crippen molar-refractivity contribution in [3.63, 3.8) is 0 Å². The van der Waals surface area contributed by atoms with Crippen LogP contribution in [0.5, 0.6) is 0 Å². The van der Waals surface area contributed by atoms with Gasteiger partial charge in [0.2, 0.25) is 0 Å². The van der Waals surface area contributed by atoms with Gasteiger partial charge in [0.05, 0.1) is 19.6 Å².